The Morgan fingerprint density at radius 1 is 0.949 bits per heavy atom. The topological polar surface area (TPSA) is 38.8 Å². The van der Waals surface area contributed by atoms with E-state index < -0.39 is 6.36 Å². The third-order valence-electron chi connectivity index (χ3n) is 7.77. The lowest BCUT2D eigenvalue weighted by Crippen LogP contribution is -2.35. The van der Waals surface area contributed by atoms with E-state index in [9.17, 15) is 18.0 Å². The number of nitrogens with zero attached hydrogens (tertiary/aromatic N) is 1. The van der Waals surface area contributed by atoms with Gasteiger partial charge in [0, 0.05) is 31.1 Å². The molecule has 2 aliphatic rings. The van der Waals surface area contributed by atoms with Crippen LogP contribution in [0.15, 0.2) is 60.7 Å². The van der Waals surface area contributed by atoms with Crippen LogP contribution in [0.1, 0.15) is 51.9 Å². The second-order valence-corrected chi connectivity index (χ2v) is 10.6. The molecule has 1 aliphatic carbocycles. The van der Waals surface area contributed by atoms with Crippen molar-refractivity contribution in [2.75, 3.05) is 26.3 Å². The van der Waals surface area contributed by atoms with E-state index in [1.807, 2.05) is 6.92 Å². The number of ketones is 1. The van der Waals surface area contributed by atoms with Crippen LogP contribution in [-0.4, -0.2) is 43.3 Å². The molecule has 1 heterocycles. The number of alkyl halides is 3. The number of hydrogen-bond acceptors (Lipinski definition) is 4. The Morgan fingerprint density at radius 2 is 1.64 bits per heavy atom. The summed E-state index contributed by atoms with van der Waals surface area (Å²) in [5, 5.41) is 0. The number of benzene rings is 3. The summed E-state index contributed by atoms with van der Waals surface area (Å²) in [5.41, 5.74) is 7.55. The normalized spacial score (nSPS) is 18.2. The van der Waals surface area contributed by atoms with Gasteiger partial charge in [-0.1, -0.05) is 48.5 Å². The third-order valence-corrected chi connectivity index (χ3v) is 7.77. The van der Waals surface area contributed by atoms with Gasteiger partial charge < -0.3 is 9.47 Å². The van der Waals surface area contributed by atoms with Crippen molar-refractivity contribution < 1.29 is 27.4 Å². The van der Waals surface area contributed by atoms with Gasteiger partial charge in [-0.2, -0.15) is 0 Å². The summed E-state index contributed by atoms with van der Waals surface area (Å²) in [6, 6.07) is 19.0. The number of morpholine rings is 1. The number of fused-ring (bicyclic) bond motifs is 1. The smallest absolute Gasteiger partial charge is 0.406 e. The maximum Gasteiger partial charge on any atom is 0.573 e. The van der Waals surface area contributed by atoms with E-state index in [0.717, 1.165) is 91.9 Å². The number of aryl methyl sites for hydroxylation is 3. The fraction of sp³-hybridized carbons (Fsp3) is 0.406. The Bertz CT molecular complexity index is 1280. The average molecular weight is 538 g/mol. The Balaban J connectivity index is 1.18. The minimum Gasteiger partial charge on any atom is -0.406 e. The molecule has 0 radical (unpaired) electrons. The van der Waals surface area contributed by atoms with Crippen molar-refractivity contribution in [3.8, 4) is 16.9 Å². The molecule has 1 unspecified atom stereocenters. The van der Waals surface area contributed by atoms with Crippen LogP contribution in [0.5, 0.6) is 5.75 Å². The Morgan fingerprint density at radius 3 is 2.33 bits per heavy atom. The molecular weight excluding hydrogens is 503 g/mol. The van der Waals surface area contributed by atoms with Crippen LogP contribution in [0.25, 0.3) is 11.1 Å². The largest absolute Gasteiger partial charge is 0.573 e. The first-order valence-electron chi connectivity index (χ1n) is 13.7. The molecule has 0 spiro atoms. The molecule has 39 heavy (non-hydrogen) atoms. The highest BCUT2D eigenvalue weighted by molar-refractivity contribution is 6.02. The van der Waals surface area contributed by atoms with Gasteiger partial charge >= 0.3 is 6.36 Å². The first-order chi connectivity index (χ1) is 18.7. The van der Waals surface area contributed by atoms with Crippen LogP contribution >= 0.6 is 0 Å². The minimum atomic E-state index is -4.69. The lowest BCUT2D eigenvalue weighted by Gasteiger charge is -2.27. The molecule has 1 atom stereocenters. The summed E-state index contributed by atoms with van der Waals surface area (Å²) < 4.78 is 46.4. The summed E-state index contributed by atoms with van der Waals surface area (Å²) in [6.07, 6.45) is -0.706. The minimum absolute atomic E-state index is 0.0191. The van der Waals surface area contributed by atoms with Gasteiger partial charge in [0.2, 0.25) is 0 Å². The van der Waals surface area contributed by atoms with Gasteiger partial charge in [0.1, 0.15) is 5.75 Å². The van der Waals surface area contributed by atoms with E-state index in [1.54, 1.807) is 12.1 Å². The van der Waals surface area contributed by atoms with E-state index >= 15 is 0 Å². The first-order valence-corrected chi connectivity index (χ1v) is 13.7. The molecule has 0 N–H and O–H groups in total. The predicted molar refractivity (Wildman–Crippen MR) is 145 cm³/mol. The highest BCUT2D eigenvalue weighted by Gasteiger charge is 2.31. The van der Waals surface area contributed by atoms with Gasteiger partial charge in [-0.05, 0) is 84.5 Å². The van der Waals surface area contributed by atoms with E-state index in [0.29, 0.717) is 6.42 Å². The van der Waals surface area contributed by atoms with Gasteiger partial charge in [0.25, 0.3) is 0 Å². The van der Waals surface area contributed by atoms with Gasteiger partial charge in [0.05, 0.1) is 13.2 Å². The fourth-order valence-corrected chi connectivity index (χ4v) is 5.75. The standard InChI is InChI=1S/C32H34F3NO3/c1-22-19-28(25-9-5-24(6-10-25)21-36-15-17-38-18-16-36)20-27-12-11-26(31(37)30(22)27)4-2-3-23-7-13-29(14-8-23)39-32(33,34)35/h5-10,13-14,19-20,26H,2-4,11-12,15-18,21H2,1H3. The van der Waals surface area contributed by atoms with Crippen LogP contribution in [0.3, 0.4) is 0 Å². The lowest BCUT2D eigenvalue weighted by molar-refractivity contribution is -0.274. The summed E-state index contributed by atoms with van der Waals surface area (Å²) in [4.78, 5) is 15.8. The maximum absolute atomic E-state index is 13.4. The van der Waals surface area contributed by atoms with Crippen LogP contribution in [0.4, 0.5) is 13.2 Å². The van der Waals surface area contributed by atoms with Crippen LogP contribution < -0.4 is 4.74 Å². The predicted octanol–water partition coefficient (Wildman–Crippen LogP) is 7.16. The summed E-state index contributed by atoms with van der Waals surface area (Å²) in [6.45, 7) is 6.48. The van der Waals surface area contributed by atoms with Crippen molar-refractivity contribution in [3.05, 3.63) is 88.5 Å². The van der Waals surface area contributed by atoms with E-state index in [-0.39, 0.29) is 17.5 Å². The quantitative estimate of drug-likeness (QED) is 0.306. The fourth-order valence-electron chi connectivity index (χ4n) is 5.75. The molecule has 0 saturated carbocycles. The molecule has 4 nitrogen and oxygen atoms in total. The maximum atomic E-state index is 13.4. The van der Waals surface area contributed by atoms with Crippen LogP contribution in [-0.2, 0) is 24.1 Å². The molecular formula is C32H34F3NO3. The molecule has 1 aliphatic heterocycles. The number of Topliss-reactive ketones (excluding diaryl/α,β-unsaturated/α-hetero) is 1. The van der Waals surface area contributed by atoms with E-state index in [1.165, 1.54) is 17.7 Å². The van der Waals surface area contributed by atoms with Gasteiger partial charge in [-0.15, -0.1) is 13.2 Å². The lowest BCUT2D eigenvalue weighted by atomic mass is 9.77. The zero-order valence-electron chi connectivity index (χ0n) is 22.2. The van der Waals surface area contributed by atoms with Gasteiger partial charge in [-0.25, -0.2) is 0 Å². The monoisotopic (exact) mass is 537 g/mol. The Kier molecular flexibility index (Phi) is 8.38. The van der Waals surface area contributed by atoms with Crippen LogP contribution in [0.2, 0.25) is 0 Å². The molecule has 3 aromatic rings. The van der Waals surface area contributed by atoms with Crippen molar-refractivity contribution in [3.63, 3.8) is 0 Å². The molecule has 5 rings (SSSR count). The van der Waals surface area contributed by atoms with E-state index in [4.69, 9.17) is 4.74 Å². The number of rotatable bonds is 8. The van der Waals surface area contributed by atoms with Crippen molar-refractivity contribution in [2.45, 2.75) is 51.9 Å². The number of carbonyl (C=O) groups is 1. The van der Waals surface area contributed by atoms with Crippen molar-refractivity contribution >= 4 is 5.78 Å². The molecule has 0 bridgehead atoms. The molecule has 1 saturated heterocycles. The highest BCUT2D eigenvalue weighted by atomic mass is 19.4. The highest BCUT2D eigenvalue weighted by Crippen LogP contribution is 2.34. The summed E-state index contributed by atoms with van der Waals surface area (Å²) >= 11 is 0. The van der Waals surface area contributed by atoms with Crippen molar-refractivity contribution in [2.24, 2.45) is 5.92 Å². The number of hydrogen-bond donors (Lipinski definition) is 0. The zero-order valence-corrected chi connectivity index (χ0v) is 22.2. The molecule has 3 aromatic carbocycles. The summed E-state index contributed by atoms with van der Waals surface area (Å²) in [5.74, 6) is -0.0199. The number of ether oxygens (including phenoxy) is 2. The Labute approximate surface area is 227 Å². The molecule has 0 aromatic heterocycles. The Hall–Kier alpha value is -3.16. The number of carbonyl (C=O) groups excluding carboxylic acids is 1. The molecule has 0 amide bonds. The first kappa shape index (κ1) is 27.4. The third kappa shape index (κ3) is 7.08. The average Bonchev–Trinajstić information content (AvgIpc) is 2.91. The second kappa shape index (κ2) is 11.9. The van der Waals surface area contributed by atoms with Gasteiger partial charge in [0.15, 0.2) is 5.78 Å². The van der Waals surface area contributed by atoms with E-state index in [2.05, 4.69) is 46.0 Å². The summed E-state index contributed by atoms with van der Waals surface area (Å²) in [7, 11) is 0. The van der Waals surface area contributed by atoms with Crippen molar-refractivity contribution in [1.29, 1.82) is 0 Å². The van der Waals surface area contributed by atoms with Gasteiger partial charge in [-0.3, -0.25) is 9.69 Å². The SMILES string of the molecule is Cc1cc(-c2ccc(CN3CCOCC3)cc2)cc2c1C(=O)C(CCCc1ccc(OC(F)(F)F)cc1)CC2. The number of halogens is 3. The molecule has 7 heteroatoms. The van der Waals surface area contributed by atoms with Crippen LogP contribution in [0, 0.1) is 12.8 Å². The second-order valence-electron chi connectivity index (χ2n) is 10.6. The molecule has 206 valence electrons. The zero-order chi connectivity index (χ0) is 27.4. The van der Waals surface area contributed by atoms with Crippen molar-refractivity contribution in [1.82, 2.24) is 4.90 Å². The molecule has 1 fully saturated rings.